The highest BCUT2D eigenvalue weighted by Crippen LogP contribution is 2.24. The summed E-state index contributed by atoms with van der Waals surface area (Å²) < 4.78 is 4.68. The number of carbonyl (C=O) groups is 1. The zero-order valence-corrected chi connectivity index (χ0v) is 11.3. The van der Waals surface area contributed by atoms with Gasteiger partial charge in [-0.25, -0.2) is 9.78 Å². The van der Waals surface area contributed by atoms with Crippen LogP contribution < -0.4 is 11.1 Å². The Kier molecular flexibility index (Phi) is 4.14. The predicted octanol–water partition coefficient (Wildman–Crippen LogP) is 2.02. The number of nitrogens with two attached hydrogens (primary N) is 1. The van der Waals surface area contributed by atoms with Crippen LogP contribution in [-0.4, -0.2) is 23.0 Å². The fraction of sp³-hybridized carbons (Fsp3) is 0.214. The van der Waals surface area contributed by atoms with Gasteiger partial charge in [0, 0.05) is 18.6 Å². The number of anilines is 2. The van der Waals surface area contributed by atoms with Gasteiger partial charge in [0.25, 0.3) is 0 Å². The van der Waals surface area contributed by atoms with E-state index in [1.807, 2.05) is 19.1 Å². The van der Waals surface area contributed by atoms with E-state index in [9.17, 15) is 4.79 Å². The first-order valence-corrected chi connectivity index (χ1v) is 6.12. The topological polar surface area (TPSA) is 90.1 Å². The first-order chi connectivity index (χ1) is 9.63. The summed E-state index contributed by atoms with van der Waals surface area (Å²) in [6.07, 6.45) is 4.99. The summed E-state index contributed by atoms with van der Waals surface area (Å²) in [7, 11) is 1.31. The van der Waals surface area contributed by atoms with Crippen molar-refractivity contribution in [3.8, 4) is 0 Å². The minimum atomic E-state index is -0.484. The van der Waals surface area contributed by atoms with Crippen LogP contribution in [0.15, 0.2) is 36.8 Å². The average Bonchev–Trinajstić information content (AvgIpc) is 2.49. The number of methoxy groups -OCH3 is 1. The Morgan fingerprint density at radius 1 is 1.40 bits per heavy atom. The van der Waals surface area contributed by atoms with Gasteiger partial charge in [-0.3, -0.25) is 4.98 Å². The van der Waals surface area contributed by atoms with Crippen LogP contribution in [0.2, 0.25) is 0 Å². The van der Waals surface area contributed by atoms with Gasteiger partial charge >= 0.3 is 5.97 Å². The molecule has 20 heavy (non-hydrogen) atoms. The SMILES string of the molecule is COC(=O)c1ccnc(NC(C)c2cccnc2)c1N. The van der Waals surface area contributed by atoms with Crippen molar-refractivity contribution in [2.45, 2.75) is 13.0 Å². The molecule has 1 atom stereocenters. The van der Waals surface area contributed by atoms with Crippen molar-refractivity contribution in [3.05, 3.63) is 47.9 Å². The molecule has 6 nitrogen and oxygen atoms in total. The molecule has 0 bridgehead atoms. The number of rotatable bonds is 4. The van der Waals surface area contributed by atoms with Crippen molar-refractivity contribution in [2.24, 2.45) is 0 Å². The maximum atomic E-state index is 11.6. The second-order valence-electron chi connectivity index (χ2n) is 4.26. The van der Waals surface area contributed by atoms with Gasteiger partial charge in [0.2, 0.25) is 0 Å². The lowest BCUT2D eigenvalue weighted by atomic mass is 10.1. The third-order valence-corrected chi connectivity index (χ3v) is 2.93. The summed E-state index contributed by atoms with van der Waals surface area (Å²) in [6, 6.07) is 5.30. The van der Waals surface area contributed by atoms with E-state index in [4.69, 9.17) is 5.73 Å². The quantitative estimate of drug-likeness (QED) is 0.827. The second kappa shape index (κ2) is 6.01. The first-order valence-electron chi connectivity index (χ1n) is 6.12. The maximum Gasteiger partial charge on any atom is 0.340 e. The van der Waals surface area contributed by atoms with Crippen LogP contribution in [0.1, 0.15) is 28.9 Å². The number of hydrogen-bond donors (Lipinski definition) is 2. The second-order valence-corrected chi connectivity index (χ2v) is 4.26. The van der Waals surface area contributed by atoms with Crippen LogP contribution in [0.3, 0.4) is 0 Å². The number of ether oxygens (including phenoxy) is 1. The molecule has 0 amide bonds. The van der Waals surface area contributed by atoms with Gasteiger partial charge in [0.05, 0.1) is 24.4 Å². The highest BCUT2D eigenvalue weighted by molar-refractivity contribution is 5.97. The van der Waals surface area contributed by atoms with E-state index in [-0.39, 0.29) is 11.7 Å². The van der Waals surface area contributed by atoms with Crippen LogP contribution in [0.5, 0.6) is 0 Å². The molecule has 0 aliphatic rings. The van der Waals surface area contributed by atoms with Crippen LogP contribution in [-0.2, 0) is 4.74 Å². The molecule has 2 aromatic rings. The summed E-state index contributed by atoms with van der Waals surface area (Å²) in [5.41, 5.74) is 7.51. The van der Waals surface area contributed by atoms with Gasteiger partial charge in [0.15, 0.2) is 5.82 Å². The molecule has 2 heterocycles. The maximum absolute atomic E-state index is 11.6. The van der Waals surface area contributed by atoms with Crippen molar-refractivity contribution < 1.29 is 9.53 Å². The molecule has 3 N–H and O–H groups in total. The lowest BCUT2D eigenvalue weighted by Gasteiger charge is -2.16. The number of pyridine rings is 2. The fourth-order valence-electron chi connectivity index (χ4n) is 1.80. The van der Waals surface area contributed by atoms with Crippen LogP contribution in [0.25, 0.3) is 0 Å². The Labute approximate surface area is 117 Å². The Morgan fingerprint density at radius 3 is 2.85 bits per heavy atom. The number of esters is 1. The van der Waals surface area contributed by atoms with Gasteiger partial charge in [-0.05, 0) is 24.6 Å². The number of nitrogens with zero attached hydrogens (tertiary/aromatic N) is 2. The molecule has 2 rings (SSSR count). The highest BCUT2D eigenvalue weighted by atomic mass is 16.5. The number of nitrogens with one attached hydrogen (secondary N) is 1. The molecule has 2 aromatic heterocycles. The van der Waals surface area contributed by atoms with E-state index >= 15 is 0 Å². The summed E-state index contributed by atoms with van der Waals surface area (Å²) >= 11 is 0. The molecule has 6 heteroatoms. The molecular formula is C14H16N4O2. The van der Waals surface area contributed by atoms with E-state index in [2.05, 4.69) is 20.0 Å². The lowest BCUT2D eigenvalue weighted by molar-refractivity contribution is 0.0602. The van der Waals surface area contributed by atoms with Gasteiger partial charge in [-0.1, -0.05) is 6.07 Å². The van der Waals surface area contributed by atoms with Crippen molar-refractivity contribution in [3.63, 3.8) is 0 Å². The zero-order valence-electron chi connectivity index (χ0n) is 11.3. The molecule has 0 saturated heterocycles. The molecule has 0 aliphatic carbocycles. The van der Waals surface area contributed by atoms with Crippen LogP contribution in [0.4, 0.5) is 11.5 Å². The van der Waals surface area contributed by atoms with E-state index in [1.54, 1.807) is 12.4 Å². The van der Waals surface area contributed by atoms with Crippen LogP contribution >= 0.6 is 0 Å². The standard InChI is InChI=1S/C14H16N4O2/c1-9(10-4-3-6-16-8-10)18-13-12(15)11(5-7-17-13)14(19)20-2/h3-9H,15H2,1-2H3,(H,17,18). The largest absolute Gasteiger partial charge is 0.465 e. The van der Waals surface area contributed by atoms with E-state index < -0.39 is 5.97 Å². The zero-order chi connectivity index (χ0) is 14.5. The molecule has 0 saturated carbocycles. The normalized spacial score (nSPS) is 11.7. The third-order valence-electron chi connectivity index (χ3n) is 2.93. The molecule has 0 aromatic carbocycles. The highest BCUT2D eigenvalue weighted by Gasteiger charge is 2.15. The number of carbonyl (C=O) groups excluding carboxylic acids is 1. The molecule has 1 unspecified atom stereocenters. The Hall–Kier alpha value is -2.63. The third kappa shape index (κ3) is 2.85. The van der Waals surface area contributed by atoms with Gasteiger partial charge in [0.1, 0.15) is 0 Å². The molecule has 0 spiro atoms. The summed E-state index contributed by atoms with van der Waals surface area (Å²) in [4.78, 5) is 19.8. The number of aromatic nitrogens is 2. The van der Waals surface area contributed by atoms with Gasteiger partial charge < -0.3 is 15.8 Å². The monoisotopic (exact) mass is 272 g/mol. The molecule has 0 radical (unpaired) electrons. The van der Waals surface area contributed by atoms with Crippen molar-refractivity contribution in [1.29, 1.82) is 0 Å². The van der Waals surface area contributed by atoms with E-state index in [0.29, 0.717) is 11.4 Å². The Morgan fingerprint density at radius 2 is 2.20 bits per heavy atom. The van der Waals surface area contributed by atoms with E-state index in [1.165, 1.54) is 19.4 Å². The summed E-state index contributed by atoms with van der Waals surface area (Å²) in [6.45, 7) is 1.96. The van der Waals surface area contributed by atoms with Gasteiger partial charge in [-0.15, -0.1) is 0 Å². The summed E-state index contributed by atoms with van der Waals surface area (Å²) in [5, 5.41) is 3.16. The summed E-state index contributed by atoms with van der Waals surface area (Å²) in [5.74, 6) is -0.0359. The first kappa shape index (κ1) is 13.8. The van der Waals surface area contributed by atoms with E-state index in [0.717, 1.165) is 5.56 Å². The van der Waals surface area contributed by atoms with Crippen molar-refractivity contribution >= 4 is 17.5 Å². The molecular weight excluding hydrogens is 256 g/mol. The molecule has 0 aliphatic heterocycles. The Balaban J connectivity index is 2.24. The smallest absolute Gasteiger partial charge is 0.340 e. The lowest BCUT2D eigenvalue weighted by Crippen LogP contribution is -2.13. The average molecular weight is 272 g/mol. The Bertz CT molecular complexity index is 601. The van der Waals surface area contributed by atoms with Crippen molar-refractivity contribution in [2.75, 3.05) is 18.2 Å². The minimum Gasteiger partial charge on any atom is -0.465 e. The van der Waals surface area contributed by atoms with Crippen LogP contribution in [0, 0.1) is 0 Å². The molecule has 0 fully saturated rings. The number of nitrogen functional groups attached to an aromatic ring is 1. The number of hydrogen-bond acceptors (Lipinski definition) is 6. The fourth-order valence-corrected chi connectivity index (χ4v) is 1.80. The van der Waals surface area contributed by atoms with Crippen molar-refractivity contribution in [1.82, 2.24) is 9.97 Å². The predicted molar refractivity (Wildman–Crippen MR) is 76.3 cm³/mol. The van der Waals surface area contributed by atoms with Gasteiger partial charge in [-0.2, -0.15) is 0 Å². The molecule has 104 valence electrons. The minimum absolute atomic E-state index is 0.0357.